The quantitative estimate of drug-likeness (QED) is 0.765. The van der Waals surface area contributed by atoms with Crippen LogP contribution in [0.1, 0.15) is 30.4 Å². The van der Waals surface area contributed by atoms with E-state index in [9.17, 15) is 0 Å². The molecule has 25 heavy (non-hydrogen) atoms. The minimum atomic E-state index is -1.62. The van der Waals surface area contributed by atoms with Gasteiger partial charge in [0.05, 0.1) is 0 Å². The van der Waals surface area contributed by atoms with Crippen molar-refractivity contribution in [2.24, 2.45) is 0 Å². The molecule has 0 N–H and O–H groups in total. The molecule has 2 aromatic rings. The third-order valence-corrected chi connectivity index (χ3v) is 11.7. The van der Waals surface area contributed by atoms with Gasteiger partial charge >= 0.3 is 0 Å². The fourth-order valence-electron chi connectivity index (χ4n) is 4.93. The van der Waals surface area contributed by atoms with Gasteiger partial charge < -0.3 is 9.80 Å². The Morgan fingerprint density at radius 3 is 1.60 bits per heavy atom. The zero-order valence-corrected chi connectivity index (χ0v) is 17.1. The SMILES string of the molecule is CN(C)c1ccc2c(c1)[Si]1(CCCCC1)c1cc(N(C)C)ccc1C2. The molecule has 0 bridgehead atoms. The average Bonchev–Trinajstić information content (AvgIpc) is 2.62. The Morgan fingerprint density at radius 2 is 1.16 bits per heavy atom. The van der Waals surface area contributed by atoms with Crippen LogP contribution in [0.15, 0.2) is 36.4 Å². The zero-order valence-electron chi connectivity index (χ0n) is 16.1. The Balaban J connectivity index is 1.93. The van der Waals surface area contributed by atoms with Crippen LogP contribution >= 0.6 is 0 Å². The van der Waals surface area contributed by atoms with E-state index in [4.69, 9.17) is 0 Å². The molecule has 0 unspecified atom stereocenters. The van der Waals surface area contributed by atoms with Gasteiger partial charge in [-0.2, -0.15) is 0 Å². The summed E-state index contributed by atoms with van der Waals surface area (Å²) in [6.07, 6.45) is 5.34. The van der Waals surface area contributed by atoms with Crippen LogP contribution in [0.25, 0.3) is 0 Å². The van der Waals surface area contributed by atoms with Gasteiger partial charge in [0, 0.05) is 39.6 Å². The second-order valence-corrected chi connectivity index (χ2v) is 12.5. The number of fused-ring (bicyclic) bond motifs is 4. The molecule has 2 aliphatic heterocycles. The number of rotatable bonds is 2. The first-order valence-corrected chi connectivity index (χ1v) is 12.0. The number of hydrogen-bond donors (Lipinski definition) is 0. The summed E-state index contributed by atoms with van der Waals surface area (Å²) in [5, 5.41) is 3.48. The average molecular weight is 351 g/mol. The molecule has 132 valence electrons. The van der Waals surface area contributed by atoms with E-state index < -0.39 is 8.07 Å². The Hall–Kier alpha value is -1.74. The monoisotopic (exact) mass is 350 g/mol. The predicted molar refractivity (Wildman–Crippen MR) is 113 cm³/mol. The summed E-state index contributed by atoms with van der Waals surface area (Å²) in [6.45, 7) is 0. The molecule has 4 rings (SSSR count). The van der Waals surface area contributed by atoms with E-state index in [1.54, 1.807) is 21.5 Å². The topological polar surface area (TPSA) is 6.48 Å². The Kier molecular flexibility index (Phi) is 4.15. The molecule has 2 nitrogen and oxygen atoms in total. The molecule has 0 radical (unpaired) electrons. The van der Waals surface area contributed by atoms with Crippen LogP contribution in [0, 0.1) is 0 Å². The fraction of sp³-hybridized carbons (Fsp3) is 0.455. The highest BCUT2D eigenvalue weighted by Gasteiger charge is 2.43. The number of nitrogens with zero attached hydrogens (tertiary/aromatic N) is 2. The molecule has 0 atom stereocenters. The summed E-state index contributed by atoms with van der Waals surface area (Å²) < 4.78 is 0. The smallest absolute Gasteiger partial charge is 0.119 e. The highest BCUT2D eigenvalue weighted by Crippen LogP contribution is 2.35. The van der Waals surface area contributed by atoms with Crippen LogP contribution in [0.5, 0.6) is 0 Å². The number of anilines is 2. The summed E-state index contributed by atoms with van der Waals surface area (Å²) in [7, 11) is 7.04. The lowest BCUT2D eigenvalue weighted by Gasteiger charge is -2.43. The van der Waals surface area contributed by atoms with Gasteiger partial charge in [-0.3, -0.25) is 0 Å². The molecule has 2 heterocycles. The second kappa shape index (κ2) is 6.21. The van der Waals surface area contributed by atoms with E-state index in [1.807, 2.05) is 0 Å². The van der Waals surface area contributed by atoms with Crippen molar-refractivity contribution in [3.8, 4) is 0 Å². The largest absolute Gasteiger partial charge is 0.378 e. The van der Waals surface area contributed by atoms with E-state index in [-0.39, 0.29) is 0 Å². The molecule has 0 amide bonds. The summed E-state index contributed by atoms with van der Waals surface area (Å²) in [4.78, 5) is 4.52. The van der Waals surface area contributed by atoms with Gasteiger partial charge in [0.25, 0.3) is 0 Å². The third kappa shape index (κ3) is 2.69. The van der Waals surface area contributed by atoms with Crippen LogP contribution in [-0.4, -0.2) is 36.3 Å². The van der Waals surface area contributed by atoms with Gasteiger partial charge in [0.1, 0.15) is 8.07 Å². The molecular formula is C22H30N2Si. The van der Waals surface area contributed by atoms with Gasteiger partial charge in [-0.05, 0) is 64.3 Å². The highest BCUT2D eigenvalue weighted by molar-refractivity contribution is 7.03. The van der Waals surface area contributed by atoms with Gasteiger partial charge in [0.2, 0.25) is 0 Å². The van der Waals surface area contributed by atoms with Crippen LogP contribution in [0.4, 0.5) is 11.4 Å². The Labute approximate surface area is 153 Å². The molecular weight excluding hydrogens is 320 g/mol. The maximum atomic E-state index is 2.54. The third-order valence-electron chi connectivity index (χ3n) is 6.34. The summed E-state index contributed by atoms with van der Waals surface area (Å²) >= 11 is 0. The molecule has 0 aliphatic carbocycles. The van der Waals surface area contributed by atoms with E-state index in [0.29, 0.717) is 0 Å². The van der Waals surface area contributed by atoms with Gasteiger partial charge in [-0.1, -0.05) is 31.4 Å². The van der Waals surface area contributed by atoms with Crippen molar-refractivity contribution >= 4 is 29.8 Å². The first-order valence-electron chi connectivity index (χ1n) is 9.63. The summed E-state index contributed by atoms with van der Waals surface area (Å²) in [5.41, 5.74) is 5.93. The lowest BCUT2D eigenvalue weighted by Crippen LogP contribution is -2.63. The van der Waals surface area contributed by atoms with E-state index in [0.717, 1.165) is 6.42 Å². The van der Waals surface area contributed by atoms with Crippen LogP contribution in [0.2, 0.25) is 12.1 Å². The molecule has 1 spiro atoms. The van der Waals surface area contributed by atoms with Crippen molar-refractivity contribution in [1.82, 2.24) is 0 Å². The molecule has 1 saturated heterocycles. The lowest BCUT2D eigenvalue weighted by molar-refractivity contribution is 0.719. The van der Waals surface area contributed by atoms with Crippen molar-refractivity contribution in [2.75, 3.05) is 38.0 Å². The van der Waals surface area contributed by atoms with Gasteiger partial charge in [-0.15, -0.1) is 0 Å². The minimum absolute atomic E-state index is 1.11. The maximum absolute atomic E-state index is 2.54. The number of benzene rings is 2. The number of hydrogen-bond acceptors (Lipinski definition) is 2. The van der Waals surface area contributed by atoms with Crippen molar-refractivity contribution < 1.29 is 0 Å². The molecule has 2 aliphatic rings. The minimum Gasteiger partial charge on any atom is -0.378 e. The first-order chi connectivity index (χ1) is 12.0. The Morgan fingerprint density at radius 1 is 0.680 bits per heavy atom. The highest BCUT2D eigenvalue weighted by atomic mass is 28.3. The molecule has 0 saturated carbocycles. The standard InChI is InChI=1S/C22H30N2Si/c1-23(2)19-10-8-17-14-18-9-11-20(24(3)4)16-22(18)25(21(17)15-19)12-6-5-7-13-25/h8-11,15-16H,5-7,12-14H2,1-4H3. The lowest BCUT2D eigenvalue weighted by atomic mass is 10.0. The molecule has 3 heteroatoms. The first kappa shape index (κ1) is 16.7. The molecule has 2 aromatic carbocycles. The summed E-state index contributed by atoms with van der Waals surface area (Å²) in [5.74, 6) is 0. The summed E-state index contributed by atoms with van der Waals surface area (Å²) in [6, 6.07) is 17.4. The zero-order chi connectivity index (χ0) is 17.6. The van der Waals surface area contributed by atoms with Gasteiger partial charge in [-0.25, -0.2) is 0 Å². The van der Waals surface area contributed by atoms with E-state index in [1.165, 1.54) is 42.7 Å². The van der Waals surface area contributed by atoms with Crippen molar-refractivity contribution in [1.29, 1.82) is 0 Å². The van der Waals surface area contributed by atoms with Crippen molar-refractivity contribution in [3.05, 3.63) is 47.5 Å². The van der Waals surface area contributed by atoms with Crippen LogP contribution in [-0.2, 0) is 6.42 Å². The van der Waals surface area contributed by atoms with Crippen LogP contribution in [0.3, 0.4) is 0 Å². The van der Waals surface area contributed by atoms with E-state index >= 15 is 0 Å². The van der Waals surface area contributed by atoms with E-state index in [2.05, 4.69) is 74.4 Å². The second-order valence-electron chi connectivity index (χ2n) is 8.29. The predicted octanol–water partition coefficient (Wildman–Crippen LogP) is 3.47. The normalized spacial score (nSPS) is 17.8. The van der Waals surface area contributed by atoms with Crippen molar-refractivity contribution in [2.45, 2.75) is 37.8 Å². The van der Waals surface area contributed by atoms with Crippen LogP contribution < -0.4 is 20.2 Å². The maximum Gasteiger partial charge on any atom is 0.119 e. The van der Waals surface area contributed by atoms with Gasteiger partial charge in [0.15, 0.2) is 0 Å². The Bertz CT molecular complexity index is 729. The molecule has 1 fully saturated rings. The van der Waals surface area contributed by atoms with Crippen molar-refractivity contribution in [3.63, 3.8) is 0 Å². The fourth-order valence-corrected chi connectivity index (χ4v) is 10.7. The molecule has 0 aromatic heterocycles.